The minimum Gasteiger partial charge on any atom is -0.444 e. The fraction of sp³-hybridized carbons (Fsp3) is 0.818. The van der Waals surface area contributed by atoms with Crippen LogP contribution in [0.15, 0.2) is 0 Å². The van der Waals surface area contributed by atoms with Crippen LogP contribution in [0.3, 0.4) is 0 Å². The van der Waals surface area contributed by atoms with Gasteiger partial charge in [0.1, 0.15) is 11.4 Å². The van der Waals surface area contributed by atoms with E-state index in [9.17, 15) is 9.59 Å². The van der Waals surface area contributed by atoms with Crippen molar-refractivity contribution in [3.8, 4) is 0 Å². The third-order valence-corrected chi connectivity index (χ3v) is 2.35. The maximum atomic E-state index is 11.5. The van der Waals surface area contributed by atoms with E-state index in [0.29, 0.717) is 19.3 Å². The minimum absolute atomic E-state index is 0.202. The van der Waals surface area contributed by atoms with Gasteiger partial charge in [0.25, 0.3) is 0 Å². The molecule has 0 aromatic carbocycles. The molecule has 0 bridgehead atoms. The fourth-order valence-corrected chi connectivity index (χ4v) is 1.68. The number of Topliss-reactive ketones (excluding diaryl/α,β-unsaturated/α-hetero) is 1. The zero-order chi connectivity index (χ0) is 11.7. The molecule has 0 saturated heterocycles. The Morgan fingerprint density at radius 1 is 1.47 bits per heavy atom. The lowest BCUT2D eigenvalue weighted by molar-refractivity contribution is -0.117. The number of carbonyl (C=O) groups is 2. The second kappa shape index (κ2) is 3.83. The molecular formula is C11H19NO3. The van der Waals surface area contributed by atoms with E-state index in [1.54, 1.807) is 0 Å². The molecule has 1 aliphatic carbocycles. The number of amides is 1. The molecule has 1 atom stereocenters. The van der Waals surface area contributed by atoms with Crippen LogP contribution in [-0.2, 0) is 9.53 Å². The summed E-state index contributed by atoms with van der Waals surface area (Å²) in [4.78, 5) is 22.6. The molecule has 1 N–H and O–H groups in total. The lowest BCUT2D eigenvalue weighted by Gasteiger charge is -2.27. The standard InChI is InChI=1S/C11H19NO3/c1-10(2,3)15-9(14)12-11(4)6-5-8(13)7-11/h5-7H2,1-4H3,(H,12,14)/t11-/m1/s1. The molecule has 0 radical (unpaired) electrons. The maximum absolute atomic E-state index is 11.5. The Morgan fingerprint density at radius 3 is 2.47 bits per heavy atom. The number of rotatable bonds is 1. The zero-order valence-electron chi connectivity index (χ0n) is 9.85. The molecule has 0 heterocycles. The van der Waals surface area contributed by atoms with E-state index in [1.165, 1.54) is 0 Å². The van der Waals surface area contributed by atoms with E-state index >= 15 is 0 Å². The van der Waals surface area contributed by atoms with Crippen molar-refractivity contribution in [3.63, 3.8) is 0 Å². The molecule has 0 spiro atoms. The molecule has 4 heteroatoms. The van der Waals surface area contributed by atoms with Crippen molar-refractivity contribution in [2.75, 3.05) is 0 Å². The van der Waals surface area contributed by atoms with Gasteiger partial charge >= 0.3 is 6.09 Å². The Morgan fingerprint density at radius 2 is 2.07 bits per heavy atom. The predicted octanol–water partition coefficient (Wildman–Crippen LogP) is 2.02. The second-order valence-electron chi connectivity index (χ2n) is 5.40. The van der Waals surface area contributed by atoms with Crippen LogP contribution in [0.2, 0.25) is 0 Å². The summed E-state index contributed by atoms with van der Waals surface area (Å²) in [5.74, 6) is 0.202. The van der Waals surface area contributed by atoms with Crippen molar-refractivity contribution in [1.82, 2.24) is 5.32 Å². The van der Waals surface area contributed by atoms with E-state index in [2.05, 4.69) is 5.32 Å². The van der Waals surface area contributed by atoms with Gasteiger partial charge in [-0.05, 0) is 34.1 Å². The third kappa shape index (κ3) is 3.90. The molecule has 0 aliphatic heterocycles. The van der Waals surface area contributed by atoms with Crippen molar-refractivity contribution in [2.24, 2.45) is 0 Å². The molecule has 0 unspecified atom stereocenters. The third-order valence-electron chi connectivity index (χ3n) is 2.35. The summed E-state index contributed by atoms with van der Waals surface area (Å²) in [5.41, 5.74) is -0.914. The van der Waals surface area contributed by atoms with Gasteiger partial charge in [0.15, 0.2) is 0 Å². The summed E-state index contributed by atoms with van der Waals surface area (Å²) in [5, 5.41) is 2.76. The number of carbonyl (C=O) groups excluding carboxylic acids is 2. The first-order chi connectivity index (χ1) is 6.70. The monoisotopic (exact) mass is 213 g/mol. The van der Waals surface area contributed by atoms with Gasteiger partial charge in [0, 0.05) is 18.4 Å². The van der Waals surface area contributed by atoms with Gasteiger partial charge < -0.3 is 10.1 Å². The fourth-order valence-electron chi connectivity index (χ4n) is 1.68. The normalized spacial score (nSPS) is 26.5. The van der Waals surface area contributed by atoms with Crippen molar-refractivity contribution >= 4 is 11.9 Å². The number of ether oxygens (including phenoxy) is 1. The summed E-state index contributed by atoms with van der Waals surface area (Å²) in [6, 6.07) is 0. The van der Waals surface area contributed by atoms with Crippen LogP contribution in [0, 0.1) is 0 Å². The Hall–Kier alpha value is -1.06. The van der Waals surface area contributed by atoms with E-state index in [1.807, 2.05) is 27.7 Å². The summed E-state index contributed by atoms with van der Waals surface area (Å²) >= 11 is 0. The highest BCUT2D eigenvalue weighted by molar-refractivity contribution is 5.83. The highest BCUT2D eigenvalue weighted by Gasteiger charge is 2.36. The van der Waals surface area contributed by atoms with Crippen molar-refractivity contribution in [2.45, 2.75) is 58.1 Å². The van der Waals surface area contributed by atoms with Crippen LogP contribution in [0.25, 0.3) is 0 Å². The highest BCUT2D eigenvalue weighted by Crippen LogP contribution is 2.26. The Bertz CT molecular complexity index is 280. The molecule has 1 saturated carbocycles. The van der Waals surface area contributed by atoms with Crippen LogP contribution in [-0.4, -0.2) is 23.0 Å². The quantitative estimate of drug-likeness (QED) is 0.725. The van der Waals surface area contributed by atoms with E-state index < -0.39 is 17.2 Å². The first-order valence-electron chi connectivity index (χ1n) is 5.23. The zero-order valence-corrected chi connectivity index (χ0v) is 9.85. The number of ketones is 1. The number of alkyl carbamates (subject to hydrolysis) is 1. The van der Waals surface area contributed by atoms with E-state index in [0.717, 1.165) is 0 Å². The van der Waals surface area contributed by atoms with E-state index in [4.69, 9.17) is 4.74 Å². The molecule has 1 aliphatic rings. The molecule has 4 nitrogen and oxygen atoms in total. The predicted molar refractivity (Wildman–Crippen MR) is 56.6 cm³/mol. The Labute approximate surface area is 90.4 Å². The molecule has 0 aromatic heterocycles. The van der Waals surface area contributed by atoms with Gasteiger partial charge in [-0.25, -0.2) is 4.79 Å². The lowest BCUT2D eigenvalue weighted by Crippen LogP contribution is -2.46. The number of hydrogen-bond donors (Lipinski definition) is 1. The summed E-state index contributed by atoms with van der Waals surface area (Å²) in [6.45, 7) is 7.32. The first kappa shape index (κ1) is 12.0. The van der Waals surface area contributed by atoms with Gasteiger partial charge in [0.2, 0.25) is 0 Å². The molecule has 86 valence electrons. The van der Waals surface area contributed by atoms with Gasteiger partial charge in [-0.15, -0.1) is 0 Å². The first-order valence-corrected chi connectivity index (χ1v) is 5.23. The van der Waals surface area contributed by atoms with Crippen molar-refractivity contribution < 1.29 is 14.3 Å². The smallest absolute Gasteiger partial charge is 0.408 e. The highest BCUT2D eigenvalue weighted by atomic mass is 16.6. The largest absolute Gasteiger partial charge is 0.444 e. The Kier molecular flexibility index (Phi) is 3.07. The van der Waals surface area contributed by atoms with Crippen molar-refractivity contribution in [1.29, 1.82) is 0 Å². The van der Waals surface area contributed by atoms with Gasteiger partial charge in [-0.3, -0.25) is 4.79 Å². The molecule has 0 aromatic rings. The van der Waals surface area contributed by atoms with Crippen LogP contribution in [0.1, 0.15) is 47.0 Å². The maximum Gasteiger partial charge on any atom is 0.408 e. The second-order valence-corrected chi connectivity index (χ2v) is 5.40. The van der Waals surface area contributed by atoms with Crippen LogP contribution in [0.4, 0.5) is 4.79 Å². The van der Waals surface area contributed by atoms with Crippen LogP contribution < -0.4 is 5.32 Å². The van der Waals surface area contributed by atoms with Gasteiger partial charge in [0.05, 0.1) is 0 Å². The summed E-state index contributed by atoms with van der Waals surface area (Å²) in [7, 11) is 0. The average molecular weight is 213 g/mol. The molecule has 15 heavy (non-hydrogen) atoms. The summed E-state index contributed by atoms with van der Waals surface area (Å²) in [6.07, 6.45) is 1.21. The Balaban J connectivity index is 2.48. The molecule has 1 rings (SSSR count). The molecule has 1 fully saturated rings. The number of hydrogen-bond acceptors (Lipinski definition) is 3. The minimum atomic E-state index is -0.497. The average Bonchev–Trinajstić information content (AvgIpc) is 2.25. The van der Waals surface area contributed by atoms with E-state index in [-0.39, 0.29) is 5.78 Å². The topological polar surface area (TPSA) is 55.4 Å². The molecular weight excluding hydrogens is 194 g/mol. The lowest BCUT2D eigenvalue weighted by atomic mass is 10.0. The SMILES string of the molecule is CC(C)(C)OC(=O)N[C@]1(C)CCC(=O)C1. The van der Waals surface area contributed by atoms with Crippen LogP contribution >= 0.6 is 0 Å². The van der Waals surface area contributed by atoms with Crippen LogP contribution in [0.5, 0.6) is 0 Å². The van der Waals surface area contributed by atoms with Crippen molar-refractivity contribution in [3.05, 3.63) is 0 Å². The number of nitrogens with one attached hydrogen (secondary N) is 1. The molecule has 1 amide bonds. The van der Waals surface area contributed by atoms with Gasteiger partial charge in [-0.1, -0.05) is 0 Å². The van der Waals surface area contributed by atoms with Gasteiger partial charge in [-0.2, -0.15) is 0 Å². The summed E-state index contributed by atoms with van der Waals surface area (Å²) < 4.78 is 5.14.